The maximum absolute atomic E-state index is 9.39. The Labute approximate surface area is 117 Å². The first-order valence-electron chi connectivity index (χ1n) is 6.81. The van der Waals surface area contributed by atoms with Crippen molar-refractivity contribution in [2.24, 2.45) is 5.92 Å². The molecule has 1 aromatic carbocycles. The van der Waals surface area contributed by atoms with Crippen LogP contribution >= 0.6 is 15.9 Å². The first-order valence-corrected chi connectivity index (χ1v) is 7.60. The molecule has 1 aliphatic rings. The van der Waals surface area contributed by atoms with Crippen molar-refractivity contribution in [3.8, 4) is 5.75 Å². The molecule has 3 heteroatoms. The van der Waals surface area contributed by atoms with E-state index in [2.05, 4.69) is 22.9 Å². The van der Waals surface area contributed by atoms with Gasteiger partial charge < -0.3 is 9.84 Å². The lowest BCUT2D eigenvalue weighted by Gasteiger charge is -2.32. The van der Waals surface area contributed by atoms with Crippen LogP contribution in [0.15, 0.2) is 22.7 Å². The van der Waals surface area contributed by atoms with Crippen LogP contribution in [0.3, 0.4) is 0 Å². The summed E-state index contributed by atoms with van der Waals surface area (Å²) in [5, 5.41) is 9.39. The smallest absolute Gasteiger partial charge is 0.139 e. The van der Waals surface area contributed by atoms with Crippen LogP contribution in [0.1, 0.15) is 44.6 Å². The number of hydrogen-bond acceptors (Lipinski definition) is 2. The first kappa shape index (κ1) is 13.9. The summed E-state index contributed by atoms with van der Waals surface area (Å²) in [6.45, 7) is 2.26. The molecule has 1 aromatic rings. The summed E-state index contributed by atoms with van der Waals surface area (Å²) in [4.78, 5) is 0. The van der Waals surface area contributed by atoms with E-state index in [1.54, 1.807) is 0 Å². The average Bonchev–Trinajstić information content (AvgIpc) is 2.41. The number of hydrogen-bond donors (Lipinski definition) is 1. The van der Waals surface area contributed by atoms with Gasteiger partial charge in [-0.05, 0) is 53.6 Å². The minimum atomic E-state index is 0.0261. The summed E-state index contributed by atoms with van der Waals surface area (Å²) < 4.78 is 7.14. The Morgan fingerprint density at radius 2 is 2.11 bits per heavy atom. The summed E-state index contributed by atoms with van der Waals surface area (Å²) in [5.74, 6) is 1.47. The lowest BCUT2D eigenvalue weighted by molar-refractivity contribution is 0.0870. The third-order valence-corrected chi connectivity index (χ3v) is 4.48. The standard InChI is InChI=1S/C15H21BrO2/c1-2-11-6-3-4-9-14(11)18-15-12(10-17)7-5-8-13(15)16/h5,7-8,11,14,17H,2-4,6,9-10H2,1H3. The van der Waals surface area contributed by atoms with Gasteiger partial charge in [-0.25, -0.2) is 0 Å². The lowest BCUT2D eigenvalue weighted by atomic mass is 9.84. The Kier molecular flexibility index (Phi) is 5.07. The molecule has 0 bridgehead atoms. The van der Waals surface area contributed by atoms with Crippen LogP contribution in [0.2, 0.25) is 0 Å². The zero-order valence-electron chi connectivity index (χ0n) is 10.9. The monoisotopic (exact) mass is 312 g/mol. The molecule has 1 N–H and O–H groups in total. The van der Waals surface area contributed by atoms with Crippen molar-refractivity contribution in [1.82, 2.24) is 0 Å². The zero-order chi connectivity index (χ0) is 13.0. The van der Waals surface area contributed by atoms with E-state index in [1.165, 1.54) is 25.7 Å². The third-order valence-electron chi connectivity index (χ3n) is 3.85. The molecule has 2 nitrogen and oxygen atoms in total. The Hall–Kier alpha value is -0.540. The molecule has 1 aliphatic carbocycles. The van der Waals surface area contributed by atoms with Gasteiger partial charge in [0.1, 0.15) is 11.9 Å². The minimum absolute atomic E-state index is 0.0261. The SMILES string of the molecule is CCC1CCCCC1Oc1c(Br)cccc1CO. The second-order valence-electron chi connectivity index (χ2n) is 5.00. The van der Waals surface area contributed by atoms with Gasteiger partial charge >= 0.3 is 0 Å². The van der Waals surface area contributed by atoms with Gasteiger partial charge in [0.2, 0.25) is 0 Å². The molecule has 100 valence electrons. The van der Waals surface area contributed by atoms with Crippen molar-refractivity contribution < 1.29 is 9.84 Å². The van der Waals surface area contributed by atoms with Crippen molar-refractivity contribution in [2.75, 3.05) is 0 Å². The normalized spacial score (nSPS) is 23.9. The van der Waals surface area contributed by atoms with Crippen molar-refractivity contribution in [3.63, 3.8) is 0 Å². The maximum Gasteiger partial charge on any atom is 0.139 e. The number of ether oxygens (including phenoxy) is 1. The molecule has 1 fully saturated rings. The minimum Gasteiger partial charge on any atom is -0.489 e. The van der Waals surface area contributed by atoms with Gasteiger partial charge in [-0.1, -0.05) is 25.5 Å². The van der Waals surface area contributed by atoms with Gasteiger partial charge in [0.25, 0.3) is 0 Å². The van der Waals surface area contributed by atoms with Gasteiger partial charge in [0.15, 0.2) is 0 Å². The van der Waals surface area contributed by atoms with E-state index in [-0.39, 0.29) is 6.61 Å². The molecule has 18 heavy (non-hydrogen) atoms. The number of benzene rings is 1. The fraction of sp³-hybridized carbons (Fsp3) is 0.600. The van der Waals surface area contributed by atoms with Crippen LogP contribution in [-0.2, 0) is 6.61 Å². The molecular formula is C15H21BrO2. The fourth-order valence-electron chi connectivity index (χ4n) is 2.76. The van der Waals surface area contributed by atoms with E-state index in [0.717, 1.165) is 22.2 Å². The van der Waals surface area contributed by atoms with Gasteiger partial charge in [0, 0.05) is 5.56 Å². The second kappa shape index (κ2) is 6.58. The van der Waals surface area contributed by atoms with E-state index < -0.39 is 0 Å². The highest BCUT2D eigenvalue weighted by atomic mass is 79.9. The molecule has 0 heterocycles. The number of aliphatic hydroxyl groups is 1. The molecular weight excluding hydrogens is 292 g/mol. The molecule has 0 aliphatic heterocycles. The Bertz CT molecular complexity index is 392. The van der Waals surface area contributed by atoms with E-state index >= 15 is 0 Å². The Balaban J connectivity index is 2.17. The topological polar surface area (TPSA) is 29.5 Å². The van der Waals surface area contributed by atoms with Gasteiger partial charge in [-0.3, -0.25) is 0 Å². The molecule has 2 rings (SSSR count). The van der Waals surface area contributed by atoms with Crippen LogP contribution < -0.4 is 4.74 Å². The Morgan fingerprint density at radius 3 is 2.83 bits per heavy atom. The summed E-state index contributed by atoms with van der Waals surface area (Å²) in [5.41, 5.74) is 0.866. The molecule has 2 unspecified atom stereocenters. The Morgan fingerprint density at radius 1 is 1.33 bits per heavy atom. The highest BCUT2D eigenvalue weighted by molar-refractivity contribution is 9.10. The predicted octanol–water partition coefficient (Wildman–Crippen LogP) is 4.29. The van der Waals surface area contributed by atoms with Crippen molar-refractivity contribution in [3.05, 3.63) is 28.2 Å². The predicted molar refractivity (Wildman–Crippen MR) is 76.7 cm³/mol. The molecule has 1 saturated carbocycles. The zero-order valence-corrected chi connectivity index (χ0v) is 12.4. The average molecular weight is 313 g/mol. The van der Waals surface area contributed by atoms with E-state index in [9.17, 15) is 5.11 Å². The highest BCUT2D eigenvalue weighted by Gasteiger charge is 2.26. The lowest BCUT2D eigenvalue weighted by Crippen LogP contribution is -2.30. The number of aliphatic hydroxyl groups excluding tert-OH is 1. The molecule has 0 saturated heterocycles. The summed E-state index contributed by atoms with van der Waals surface area (Å²) >= 11 is 3.52. The van der Waals surface area contributed by atoms with Crippen LogP contribution in [0.4, 0.5) is 0 Å². The van der Waals surface area contributed by atoms with Crippen molar-refractivity contribution >= 4 is 15.9 Å². The van der Waals surface area contributed by atoms with Crippen LogP contribution in [0, 0.1) is 5.92 Å². The molecule has 0 amide bonds. The van der Waals surface area contributed by atoms with Crippen molar-refractivity contribution in [1.29, 1.82) is 0 Å². The largest absolute Gasteiger partial charge is 0.489 e. The van der Waals surface area contributed by atoms with Crippen LogP contribution in [-0.4, -0.2) is 11.2 Å². The number of rotatable bonds is 4. The van der Waals surface area contributed by atoms with Gasteiger partial charge in [-0.2, -0.15) is 0 Å². The second-order valence-corrected chi connectivity index (χ2v) is 5.85. The molecule has 0 spiro atoms. The van der Waals surface area contributed by atoms with E-state index in [0.29, 0.717) is 12.0 Å². The third kappa shape index (κ3) is 3.07. The first-order chi connectivity index (χ1) is 8.76. The summed E-state index contributed by atoms with van der Waals surface area (Å²) in [7, 11) is 0. The summed E-state index contributed by atoms with van der Waals surface area (Å²) in [6, 6.07) is 5.82. The molecule has 2 atom stereocenters. The fourth-order valence-corrected chi connectivity index (χ4v) is 3.26. The highest BCUT2D eigenvalue weighted by Crippen LogP contribution is 2.35. The van der Waals surface area contributed by atoms with Crippen LogP contribution in [0.25, 0.3) is 0 Å². The number of para-hydroxylation sites is 1. The summed E-state index contributed by atoms with van der Waals surface area (Å²) in [6.07, 6.45) is 6.43. The van der Waals surface area contributed by atoms with Crippen molar-refractivity contribution in [2.45, 2.75) is 51.7 Å². The molecule has 0 aromatic heterocycles. The van der Waals surface area contributed by atoms with Gasteiger partial charge in [-0.15, -0.1) is 0 Å². The maximum atomic E-state index is 9.39. The van der Waals surface area contributed by atoms with E-state index in [1.807, 2.05) is 18.2 Å². The number of halogens is 1. The molecule has 0 radical (unpaired) electrons. The van der Waals surface area contributed by atoms with Crippen LogP contribution in [0.5, 0.6) is 5.75 Å². The quantitative estimate of drug-likeness (QED) is 0.898. The van der Waals surface area contributed by atoms with Gasteiger partial charge in [0.05, 0.1) is 11.1 Å². The van der Waals surface area contributed by atoms with E-state index in [4.69, 9.17) is 4.74 Å².